The Hall–Kier alpha value is -1.76. The summed E-state index contributed by atoms with van der Waals surface area (Å²) in [6.45, 7) is 0.188. The van der Waals surface area contributed by atoms with E-state index in [0.717, 1.165) is 0 Å². The third-order valence-electron chi connectivity index (χ3n) is 3.84. The van der Waals surface area contributed by atoms with Gasteiger partial charge in [-0.2, -0.15) is 13.2 Å². The Balaban J connectivity index is 2.12. The molecule has 4 nitrogen and oxygen atoms in total. The van der Waals surface area contributed by atoms with Crippen LogP contribution in [0, 0.1) is 0 Å². The lowest BCUT2D eigenvalue weighted by Gasteiger charge is -2.28. The van der Waals surface area contributed by atoms with Crippen LogP contribution in [-0.2, 0) is 5.41 Å². The lowest BCUT2D eigenvalue weighted by Crippen LogP contribution is -2.45. The summed E-state index contributed by atoms with van der Waals surface area (Å²) in [5.74, 6) is 0.552. The molecule has 0 saturated carbocycles. The van der Waals surface area contributed by atoms with E-state index in [9.17, 15) is 13.2 Å². The molecule has 0 bridgehead atoms. The molecule has 1 aliphatic heterocycles. The standard InChI is InChI=1S/C13H14F3N3O/c1-20-8-2-3-9-10(6-8)19-11(18-9)12(13(14,15)16)4-5-17-7-12/h2-3,6,17H,4-5,7H2,1H3,(H,18,19). The van der Waals surface area contributed by atoms with Crippen molar-refractivity contribution in [3.05, 3.63) is 24.0 Å². The van der Waals surface area contributed by atoms with Gasteiger partial charge in [-0.3, -0.25) is 0 Å². The van der Waals surface area contributed by atoms with Gasteiger partial charge in [0.05, 0.1) is 18.1 Å². The average molecular weight is 285 g/mol. The number of nitrogens with one attached hydrogen (secondary N) is 2. The lowest BCUT2D eigenvalue weighted by atomic mass is 9.85. The number of ether oxygens (including phenoxy) is 1. The van der Waals surface area contributed by atoms with Crippen LogP contribution in [0.4, 0.5) is 13.2 Å². The number of H-pyrrole nitrogens is 1. The molecule has 1 atom stereocenters. The monoisotopic (exact) mass is 285 g/mol. The highest BCUT2D eigenvalue weighted by molar-refractivity contribution is 5.77. The molecule has 108 valence electrons. The minimum atomic E-state index is -4.34. The Kier molecular flexibility index (Phi) is 2.89. The van der Waals surface area contributed by atoms with Crippen LogP contribution >= 0.6 is 0 Å². The van der Waals surface area contributed by atoms with Crippen molar-refractivity contribution in [2.75, 3.05) is 20.2 Å². The maximum atomic E-state index is 13.5. The van der Waals surface area contributed by atoms with E-state index in [1.54, 1.807) is 18.2 Å². The highest BCUT2D eigenvalue weighted by Gasteiger charge is 2.59. The van der Waals surface area contributed by atoms with E-state index in [-0.39, 0.29) is 18.8 Å². The maximum Gasteiger partial charge on any atom is 0.402 e. The number of imidazole rings is 1. The number of rotatable bonds is 2. The number of fused-ring (bicyclic) bond motifs is 1. The van der Waals surface area contributed by atoms with E-state index in [2.05, 4.69) is 15.3 Å². The van der Waals surface area contributed by atoms with E-state index < -0.39 is 11.6 Å². The van der Waals surface area contributed by atoms with Crippen molar-refractivity contribution < 1.29 is 17.9 Å². The predicted molar refractivity (Wildman–Crippen MR) is 67.9 cm³/mol. The van der Waals surface area contributed by atoms with Gasteiger partial charge in [-0.15, -0.1) is 0 Å². The van der Waals surface area contributed by atoms with Gasteiger partial charge in [0, 0.05) is 12.6 Å². The zero-order chi connectivity index (χ0) is 14.4. The van der Waals surface area contributed by atoms with Gasteiger partial charge in [-0.25, -0.2) is 4.98 Å². The number of hydrogen-bond donors (Lipinski definition) is 2. The number of methoxy groups -OCH3 is 1. The predicted octanol–water partition coefficient (Wildman–Crippen LogP) is 2.36. The molecule has 20 heavy (non-hydrogen) atoms. The van der Waals surface area contributed by atoms with Crippen LogP contribution in [0.5, 0.6) is 5.75 Å². The first kappa shape index (κ1) is 13.2. The molecule has 0 spiro atoms. The minimum Gasteiger partial charge on any atom is -0.497 e. The maximum absolute atomic E-state index is 13.5. The number of alkyl halides is 3. The van der Waals surface area contributed by atoms with E-state index in [4.69, 9.17) is 4.74 Å². The highest BCUT2D eigenvalue weighted by atomic mass is 19.4. The summed E-state index contributed by atoms with van der Waals surface area (Å²) in [4.78, 5) is 6.95. The number of aromatic amines is 1. The van der Waals surface area contributed by atoms with Crippen LogP contribution in [0.1, 0.15) is 12.2 Å². The summed E-state index contributed by atoms with van der Waals surface area (Å²) < 4.78 is 45.4. The lowest BCUT2D eigenvalue weighted by molar-refractivity contribution is -0.186. The van der Waals surface area contributed by atoms with Crippen molar-refractivity contribution >= 4 is 11.0 Å². The average Bonchev–Trinajstić information content (AvgIpc) is 3.04. The second-order valence-corrected chi connectivity index (χ2v) is 4.98. The molecule has 1 aliphatic rings. The van der Waals surface area contributed by atoms with Crippen molar-refractivity contribution in [1.29, 1.82) is 0 Å². The van der Waals surface area contributed by atoms with Gasteiger partial charge in [0.2, 0.25) is 0 Å². The number of benzene rings is 1. The van der Waals surface area contributed by atoms with Gasteiger partial charge < -0.3 is 15.0 Å². The molecule has 1 aromatic heterocycles. The number of halogens is 3. The molecule has 1 saturated heterocycles. The molecule has 0 aliphatic carbocycles. The number of aromatic nitrogens is 2. The first-order chi connectivity index (χ1) is 9.46. The summed E-state index contributed by atoms with van der Waals surface area (Å²) >= 11 is 0. The van der Waals surface area contributed by atoms with Crippen LogP contribution in [0.3, 0.4) is 0 Å². The zero-order valence-electron chi connectivity index (χ0n) is 10.8. The highest BCUT2D eigenvalue weighted by Crippen LogP contribution is 2.44. The van der Waals surface area contributed by atoms with Crippen LogP contribution in [-0.4, -0.2) is 36.3 Å². The molecule has 2 aromatic rings. The topological polar surface area (TPSA) is 49.9 Å². The van der Waals surface area contributed by atoms with Gasteiger partial charge in [0.15, 0.2) is 0 Å². The molecule has 0 radical (unpaired) electrons. The Bertz CT molecular complexity index is 629. The Morgan fingerprint density at radius 2 is 2.15 bits per heavy atom. The minimum absolute atomic E-state index is 0.00649. The quantitative estimate of drug-likeness (QED) is 0.890. The van der Waals surface area contributed by atoms with Crippen molar-refractivity contribution in [1.82, 2.24) is 15.3 Å². The van der Waals surface area contributed by atoms with Crippen molar-refractivity contribution in [3.8, 4) is 5.75 Å². The van der Waals surface area contributed by atoms with E-state index in [0.29, 0.717) is 23.3 Å². The largest absolute Gasteiger partial charge is 0.497 e. The van der Waals surface area contributed by atoms with Gasteiger partial charge in [-0.05, 0) is 25.1 Å². The number of nitrogens with zero attached hydrogens (tertiary/aromatic N) is 1. The third kappa shape index (κ3) is 1.84. The first-order valence-electron chi connectivity index (χ1n) is 6.28. The molecule has 2 heterocycles. The SMILES string of the molecule is COc1ccc2nc(C3(C(F)(F)F)CCNC3)[nH]c2c1. The van der Waals surface area contributed by atoms with Gasteiger partial charge in [-0.1, -0.05) is 0 Å². The Morgan fingerprint density at radius 1 is 1.35 bits per heavy atom. The summed E-state index contributed by atoms with van der Waals surface area (Å²) in [7, 11) is 1.51. The number of hydrogen-bond acceptors (Lipinski definition) is 3. The first-order valence-corrected chi connectivity index (χ1v) is 6.28. The van der Waals surface area contributed by atoms with Crippen molar-refractivity contribution in [2.24, 2.45) is 0 Å². The van der Waals surface area contributed by atoms with E-state index in [1.807, 2.05) is 0 Å². The molecule has 1 unspecified atom stereocenters. The molecule has 3 rings (SSSR count). The van der Waals surface area contributed by atoms with Crippen LogP contribution < -0.4 is 10.1 Å². The van der Waals surface area contributed by atoms with Gasteiger partial charge >= 0.3 is 6.18 Å². The van der Waals surface area contributed by atoms with Crippen molar-refractivity contribution in [3.63, 3.8) is 0 Å². The molecular weight excluding hydrogens is 271 g/mol. The molecule has 2 N–H and O–H groups in total. The smallest absolute Gasteiger partial charge is 0.402 e. The summed E-state index contributed by atoms with van der Waals surface area (Å²) in [5, 5.41) is 2.78. The fourth-order valence-electron chi connectivity index (χ4n) is 2.61. The molecular formula is C13H14F3N3O. The summed E-state index contributed by atoms with van der Waals surface area (Å²) in [5.41, 5.74) is -0.870. The van der Waals surface area contributed by atoms with Gasteiger partial charge in [0.25, 0.3) is 0 Å². The summed E-state index contributed by atoms with van der Waals surface area (Å²) in [6, 6.07) is 4.99. The van der Waals surface area contributed by atoms with E-state index in [1.165, 1.54) is 7.11 Å². The Labute approximate surface area is 113 Å². The fraction of sp³-hybridized carbons (Fsp3) is 0.462. The summed E-state index contributed by atoms with van der Waals surface area (Å²) in [6.07, 6.45) is -4.35. The van der Waals surface area contributed by atoms with Crippen LogP contribution in [0.25, 0.3) is 11.0 Å². The Morgan fingerprint density at radius 3 is 2.75 bits per heavy atom. The second kappa shape index (κ2) is 4.37. The van der Waals surface area contributed by atoms with Crippen molar-refractivity contribution in [2.45, 2.75) is 18.0 Å². The third-order valence-corrected chi connectivity index (χ3v) is 3.84. The molecule has 0 amide bonds. The van der Waals surface area contributed by atoms with Crippen LogP contribution in [0.15, 0.2) is 18.2 Å². The second-order valence-electron chi connectivity index (χ2n) is 4.98. The molecule has 1 aromatic carbocycles. The molecule has 1 fully saturated rings. The molecule has 7 heteroatoms. The fourth-order valence-corrected chi connectivity index (χ4v) is 2.61. The normalized spacial score (nSPS) is 23.4. The van der Waals surface area contributed by atoms with Gasteiger partial charge in [0.1, 0.15) is 17.0 Å². The van der Waals surface area contributed by atoms with Crippen LogP contribution in [0.2, 0.25) is 0 Å². The zero-order valence-corrected chi connectivity index (χ0v) is 10.8. The van der Waals surface area contributed by atoms with E-state index >= 15 is 0 Å².